The quantitative estimate of drug-likeness (QED) is 0.928. The van der Waals surface area contributed by atoms with Crippen LogP contribution in [0.5, 0.6) is 5.75 Å². The molecule has 0 aromatic heterocycles. The van der Waals surface area contributed by atoms with Gasteiger partial charge in [-0.05, 0) is 30.7 Å². The van der Waals surface area contributed by atoms with Crippen LogP contribution in [-0.2, 0) is 0 Å². The first-order valence-electron chi connectivity index (χ1n) is 5.88. The second-order valence-corrected chi connectivity index (χ2v) is 5.24. The molecule has 1 unspecified atom stereocenters. The molecule has 2 rings (SSSR count). The minimum absolute atomic E-state index is 0.293. The summed E-state index contributed by atoms with van der Waals surface area (Å²) in [5, 5.41) is 0. The molecule has 0 saturated heterocycles. The molecule has 1 atom stereocenters. The van der Waals surface area contributed by atoms with Crippen molar-refractivity contribution in [2.75, 3.05) is 7.11 Å². The maximum atomic E-state index is 13.1. The van der Waals surface area contributed by atoms with Gasteiger partial charge in [0.2, 0.25) is 0 Å². The van der Waals surface area contributed by atoms with Crippen LogP contribution in [0.15, 0.2) is 40.9 Å². The summed E-state index contributed by atoms with van der Waals surface area (Å²) in [5.41, 5.74) is 9.09. The Hall–Kier alpha value is -1.39. The molecule has 0 radical (unpaired) electrons. The van der Waals surface area contributed by atoms with E-state index in [1.165, 1.54) is 12.1 Å². The van der Waals surface area contributed by atoms with Crippen LogP contribution in [0.2, 0.25) is 0 Å². The number of benzene rings is 2. The summed E-state index contributed by atoms with van der Waals surface area (Å²) in [6.45, 7) is 2.00. The van der Waals surface area contributed by atoms with Crippen molar-refractivity contribution in [2.45, 2.75) is 13.0 Å². The first-order chi connectivity index (χ1) is 9.02. The Morgan fingerprint density at radius 2 is 1.89 bits per heavy atom. The fourth-order valence-electron chi connectivity index (χ4n) is 2.02. The molecule has 2 aromatic carbocycles. The van der Waals surface area contributed by atoms with Gasteiger partial charge in [0.25, 0.3) is 0 Å². The van der Waals surface area contributed by atoms with Gasteiger partial charge in [-0.15, -0.1) is 0 Å². The van der Waals surface area contributed by atoms with Crippen LogP contribution in [0.1, 0.15) is 22.7 Å². The third kappa shape index (κ3) is 2.96. The molecular weight excluding hydrogens is 309 g/mol. The number of nitrogens with two attached hydrogens (primary N) is 1. The smallest absolute Gasteiger partial charge is 0.124 e. The van der Waals surface area contributed by atoms with Crippen molar-refractivity contribution < 1.29 is 9.13 Å². The number of methoxy groups -OCH3 is 1. The standard InChI is InChI=1S/C15H15BrFNO/c1-9-3-6-14(19-2)12(7-9)15(18)11-5-4-10(17)8-13(11)16/h3-8,15H,18H2,1-2H3. The Balaban J connectivity index is 2.49. The third-order valence-corrected chi connectivity index (χ3v) is 3.70. The van der Waals surface area contributed by atoms with E-state index in [0.29, 0.717) is 4.47 Å². The maximum Gasteiger partial charge on any atom is 0.124 e. The highest BCUT2D eigenvalue weighted by Crippen LogP contribution is 2.33. The minimum Gasteiger partial charge on any atom is -0.496 e. The second kappa shape index (κ2) is 5.72. The van der Waals surface area contributed by atoms with E-state index in [2.05, 4.69) is 15.9 Å². The molecule has 4 heteroatoms. The molecule has 2 aromatic rings. The first-order valence-corrected chi connectivity index (χ1v) is 6.67. The third-order valence-electron chi connectivity index (χ3n) is 3.02. The van der Waals surface area contributed by atoms with Gasteiger partial charge in [-0.1, -0.05) is 39.7 Å². The lowest BCUT2D eigenvalue weighted by Crippen LogP contribution is -2.14. The second-order valence-electron chi connectivity index (χ2n) is 4.39. The van der Waals surface area contributed by atoms with Gasteiger partial charge in [-0.2, -0.15) is 0 Å². The summed E-state index contributed by atoms with van der Waals surface area (Å²) >= 11 is 3.35. The SMILES string of the molecule is COc1ccc(C)cc1C(N)c1ccc(F)cc1Br. The summed E-state index contributed by atoms with van der Waals surface area (Å²) in [6.07, 6.45) is 0. The molecule has 2 nitrogen and oxygen atoms in total. The molecule has 0 bridgehead atoms. The maximum absolute atomic E-state index is 13.1. The number of aryl methyl sites for hydroxylation is 1. The molecule has 100 valence electrons. The van der Waals surface area contributed by atoms with Gasteiger partial charge in [0.15, 0.2) is 0 Å². The van der Waals surface area contributed by atoms with Crippen molar-refractivity contribution in [1.82, 2.24) is 0 Å². The topological polar surface area (TPSA) is 35.2 Å². The van der Waals surface area contributed by atoms with Gasteiger partial charge in [0.05, 0.1) is 13.2 Å². The summed E-state index contributed by atoms with van der Waals surface area (Å²) in [7, 11) is 1.61. The summed E-state index contributed by atoms with van der Waals surface area (Å²) in [5.74, 6) is 0.438. The monoisotopic (exact) mass is 323 g/mol. The predicted molar refractivity (Wildman–Crippen MR) is 77.9 cm³/mol. The Labute approximate surface area is 120 Å². The molecule has 0 amide bonds. The molecule has 2 N–H and O–H groups in total. The average molecular weight is 324 g/mol. The van der Waals surface area contributed by atoms with Gasteiger partial charge in [-0.3, -0.25) is 0 Å². The normalized spacial score (nSPS) is 12.3. The first kappa shape index (κ1) is 14.0. The fourth-order valence-corrected chi connectivity index (χ4v) is 2.62. The van der Waals surface area contributed by atoms with E-state index in [0.717, 1.165) is 22.4 Å². The van der Waals surface area contributed by atoms with Crippen molar-refractivity contribution in [3.63, 3.8) is 0 Å². The van der Waals surface area contributed by atoms with Crippen LogP contribution < -0.4 is 10.5 Å². The van der Waals surface area contributed by atoms with Crippen molar-refractivity contribution in [3.05, 3.63) is 63.4 Å². The summed E-state index contributed by atoms with van der Waals surface area (Å²) in [6, 6.07) is 9.98. The zero-order chi connectivity index (χ0) is 14.0. The highest BCUT2D eigenvalue weighted by atomic mass is 79.9. The molecule has 0 heterocycles. The van der Waals surface area contributed by atoms with E-state index < -0.39 is 0 Å². The highest BCUT2D eigenvalue weighted by molar-refractivity contribution is 9.10. The van der Waals surface area contributed by atoms with Crippen LogP contribution in [0.25, 0.3) is 0 Å². The van der Waals surface area contributed by atoms with Gasteiger partial charge < -0.3 is 10.5 Å². The highest BCUT2D eigenvalue weighted by Gasteiger charge is 2.17. The Morgan fingerprint density at radius 1 is 1.16 bits per heavy atom. The summed E-state index contributed by atoms with van der Waals surface area (Å²) < 4.78 is 19.1. The number of halogens is 2. The molecule has 19 heavy (non-hydrogen) atoms. The van der Waals surface area contributed by atoms with Crippen molar-refractivity contribution in [3.8, 4) is 5.75 Å². The fraction of sp³-hybridized carbons (Fsp3) is 0.200. The lowest BCUT2D eigenvalue weighted by atomic mass is 9.97. The lowest BCUT2D eigenvalue weighted by molar-refractivity contribution is 0.407. The van der Waals surface area contributed by atoms with E-state index >= 15 is 0 Å². The van der Waals surface area contributed by atoms with Crippen LogP contribution in [0.3, 0.4) is 0 Å². The molecule has 0 aliphatic heterocycles. The number of ether oxygens (including phenoxy) is 1. The number of rotatable bonds is 3. The van der Waals surface area contributed by atoms with Crippen LogP contribution in [0.4, 0.5) is 4.39 Å². The zero-order valence-corrected chi connectivity index (χ0v) is 12.4. The minimum atomic E-state index is -0.371. The molecule has 0 aliphatic carbocycles. The van der Waals surface area contributed by atoms with Crippen LogP contribution >= 0.6 is 15.9 Å². The zero-order valence-electron chi connectivity index (χ0n) is 10.8. The Kier molecular flexibility index (Phi) is 4.22. The van der Waals surface area contributed by atoms with E-state index in [1.807, 2.05) is 25.1 Å². The number of hydrogen-bond donors (Lipinski definition) is 1. The predicted octanol–water partition coefficient (Wildman–Crippen LogP) is 3.95. The molecule has 0 fully saturated rings. The largest absolute Gasteiger partial charge is 0.496 e. The summed E-state index contributed by atoms with van der Waals surface area (Å²) in [4.78, 5) is 0. The van der Waals surface area contributed by atoms with E-state index in [9.17, 15) is 4.39 Å². The van der Waals surface area contributed by atoms with Crippen LogP contribution in [-0.4, -0.2) is 7.11 Å². The van der Waals surface area contributed by atoms with Crippen LogP contribution in [0, 0.1) is 12.7 Å². The van der Waals surface area contributed by atoms with Crippen molar-refractivity contribution in [1.29, 1.82) is 0 Å². The molecule has 0 saturated carbocycles. The van der Waals surface area contributed by atoms with Gasteiger partial charge in [-0.25, -0.2) is 4.39 Å². The van der Waals surface area contributed by atoms with Crippen molar-refractivity contribution >= 4 is 15.9 Å². The molecule has 0 spiro atoms. The number of hydrogen-bond acceptors (Lipinski definition) is 2. The average Bonchev–Trinajstić information content (AvgIpc) is 2.38. The molecular formula is C15H15BrFNO. The Bertz CT molecular complexity index is 601. The molecule has 0 aliphatic rings. The lowest BCUT2D eigenvalue weighted by Gasteiger charge is -2.18. The van der Waals surface area contributed by atoms with Gasteiger partial charge in [0, 0.05) is 10.0 Å². The van der Waals surface area contributed by atoms with E-state index in [-0.39, 0.29) is 11.9 Å². The van der Waals surface area contributed by atoms with E-state index in [4.69, 9.17) is 10.5 Å². The Morgan fingerprint density at radius 3 is 2.53 bits per heavy atom. The van der Waals surface area contributed by atoms with Crippen molar-refractivity contribution in [2.24, 2.45) is 5.73 Å². The van der Waals surface area contributed by atoms with E-state index in [1.54, 1.807) is 13.2 Å². The van der Waals surface area contributed by atoms with Gasteiger partial charge >= 0.3 is 0 Å². The van der Waals surface area contributed by atoms with Gasteiger partial charge in [0.1, 0.15) is 11.6 Å².